The Morgan fingerprint density at radius 2 is 2.00 bits per heavy atom. The van der Waals surface area contributed by atoms with Crippen LogP contribution in [0.5, 0.6) is 0 Å². The molecule has 0 saturated carbocycles. The molecule has 142 valence electrons. The van der Waals surface area contributed by atoms with E-state index in [0.29, 0.717) is 6.54 Å². The topological polar surface area (TPSA) is 90.5 Å². The van der Waals surface area contributed by atoms with Gasteiger partial charge in [-0.1, -0.05) is 0 Å². The van der Waals surface area contributed by atoms with Gasteiger partial charge >= 0.3 is 0 Å². The van der Waals surface area contributed by atoms with Crippen LogP contribution in [0.15, 0.2) is 18.2 Å². The third-order valence-electron chi connectivity index (χ3n) is 3.67. The van der Waals surface area contributed by atoms with Crippen molar-refractivity contribution in [3.05, 3.63) is 29.6 Å². The second-order valence-corrected chi connectivity index (χ2v) is 7.51. The third-order valence-corrected chi connectivity index (χ3v) is 4.26. The van der Waals surface area contributed by atoms with Crippen LogP contribution in [0.4, 0.5) is 10.1 Å². The van der Waals surface area contributed by atoms with Crippen molar-refractivity contribution in [3.8, 4) is 0 Å². The number of nitrogens with zero attached hydrogens (tertiary/aromatic N) is 1. The molecule has 0 unspecified atom stereocenters. The van der Waals surface area contributed by atoms with Gasteiger partial charge in [0.05, 0.1) is 17.5 Å². The molecular weight excluding hydrogens is 371 g/mol. The molecule has 1 amide bonds. The van der Waals surface area contributed by atoms with Gasteiger partial charge in [-0.25, -0.2) is 12.8 Å². The number of sulfonamides is 1. The number of piperazine rings is 1. The van der Waals surface area contributed by atoms with Gasteiger partial charge in [0.25, 0.3) is 5.91 Å². The maximum absolute atomic E-state index is 13.4. The van der Waals surface area contributed by atoms with E-state index in [4.69, 9.17) is 0 Å². The average Bonchev–Trinajstić information content (AvgIpc) is 2.53. The number of carbonyl (C=O) groups excluding carboxylic acids is 1. The number of carbonyl (C=O) groups is 1. The molecule has 0 aromatic heterocycles. The van der Waals surface area contributed by atoms with Crippen LogP contribution in [0.25, 0.3) is 0 Å². The van der Waals surface area contributed by atoms with Crippen molar-refractivity contribution in [3.63, 3.8) is 0 Å². The smallest absolute Gasteiger partial charge is 0.253 e. The fourth-order valence-electron chi connectivity index (χ4n) is 2.53. The monoisotopic (exact) mass is 394 g/mol. The zero-order valence-corrected chi connectivity index (χ0v) is 15.7. The molecule has 1 heterocycles. The average molecular weight is 395 g/mol. The van der Waals surface area contributed by atoms with Crippen LogP contribution < -0.4 is 15.4 Å². The summed E-state index contributed by atoms with van der Waals surface area (Å²) >= 11 is 0. The minimum Gasteiger partial charge on any atom is -0.352 e. The minimum atomic E-state index is -3.55. The van der Waals surface area contributed by atoms with E-state index in [2.05, 4.69) is 20.3 Å². The number of hydrogen-bond acceptors (Lipinski definition) is 5. The van der Waals surface area contributed by atoms with E-state index in [-0.39, 0.29) is 23.7 Å². The summed E-state index contributed by atoms with van der Waals surface area (Å²) in [6.45, 7) is 5.23. The van der Waals surface area contributed by atoms with Crippen LogP contribution in [0.2, 0.25) is 0 Å². The van der Waals surface area contributed by atoms with Gasteiger partial charge in [0.15, 0.2) is 0 Å². The number of nitrogens with one attached hydrogen (secondary N) is 3. The van der Waals surface area contributed by atoms with Crippen molar-refractivity contribution in [1.29, 1.82) is 0 Å². The van der Waals surface area contributed by atoms with E-state index in [1.165, 1.54) is 6.07 Å². The number of rotatable bonds is 7. The molecular formula is C15H24ClFN4O3S. The second-order valence-electron chi connectivity index (χ2n) is 5.77. The summed E-state index contributed by atoms with van der Waals surface area (Å²) in [5, 5.41) is 5.98. The summed E-state index contributed by atoms with van der Waals surface area (Å²) in [7, 11) is -3.55. The number of anilines is 1. The lowest BCUT2D eigenvalue weighted by Crippen LogP contribution is -2.44. The summed E-state index contributed by atoms with van der Waals surface area (Å²) in [4.78, 5) is 14.5. The Morgan fingerprint density at radius 3 is 2.64 bits per heavy atom. The Labute approximate surface area is 153 Å². The van der Waals surface area contributed by atoms with Gasteiger partial charge in [0.1, 0.15) is 5.82 Å². The Kier molecular flexibility index (Phi) is 8.57. The van der Waals surface area contributed by atoms with Crippen molar-refractivity contribution in [2.24, 2.45) is 0 Å². The number of halogens is 2. The molecule has 1 fully saturated rings. The first-order valence-corrected chi connectivity index (χ1v) is 9.73. The highest BCUT2D eigenvalue weighted by atomic mass is 35.5. The summed E-state index contributed by atoms with van der Waals surface area (Å²) in [6, 6.07) is 3.37. The highest BCUT2D eigenvalue weighted by Crippen LogP contribution is 2.18. The molecule has 1 saturated heterocycles. The predicted molar refractivity (Wildman–Crippen MR) is 98.4 cm³/mol. The van der Waals surface area contributed by atoms with Gasteiger partial charge in [-0.05, 0) is 31.2 Å². The number of amides is 1. The highest BCUT2D eigenvalue weighted by Gasteiger charge is 2.15. The van der Waals surface area contributed by atoms with E-state index in [1.54, 1.807) is 0 Å². The summed E-state index contributed by atoms with van der Waals surface area (Å²) in [6.07, 6.45) is 1.75. The van der Waals surface area contributed by atoms with E-state index in [1.807, 2.05) is 0 Å². The molecule has 0 radical (unpaired) electrons. The van der Waals surface area contributed by atoms with Gasteiger partial charge in [-0.15, -0.1) is 12.4 Å². The molecule has 0 atom stereocenters. The molecule has 1 aromatic rings. The second kappa shape index (κ2) is 9.91. The minimum absolute atomic E-state index is 0. The Hall–Kier alpha value is -1.42. The van der Waals surface area contributed by atoms with E-state index >= 15 is 0 Å². The molecule has 3 N–H and O–H groups in total. The maximum Gasteiger partial charge on any atom is 0.253 e. The molecule has 1 aliphatic heterocycles. The number of benzene rings is 1. The van der Waals surface area contributed by atoms with Crippen molar-refractivity contribution in [1.82, 2.24) is 15.5 Å². The Balaban J connectivity index is 0.00000312. The fraction of sp³-hybridized carbons (Fsp3) is 0.533. The van der Waals surface area contributed by atoms with Gasteiger partial charge in [-0.2, -0.15) is 0 Å². The first kappa shape index (κ1) is 21.6. The van der Waals surface area contributed by atoms with Gasteiger partial charge in [0, 0.05) is 32.7 Å². The third kappa shape index (κ3) is 7.55. The molecule has 0 bridgehead atoms. The maximum atomic E-state index is 13.4. The molecule has 7 nitrogen and oxygen atoms in total. The lowest BCUT2D eigenvalue weighted by Gasteiger charge is -2.27. The quantitative estimate of drug-likeness (QED) is 0.590. The van der Waals surface area contributed by atoms with Gasteiger partial charge in [-0.3, -0.25) is 9.52 Å². The summed E-state index contributed by atoms with van der Waals surface area (Å²) in [5.74, 6) is -1.10. The fourth-order valence-corrected chi connectivity index (χ4v) is 3.11. The molecule has 25 heavy (non-hydrogen) atoms. The molecule has 10 heteroatoms. The van der Waals surface area contributed by atoms with Crippen LogP contribution >= 0.6 is 12.4 Å². The van der Waals surface area contributed by atoms with Crippen molar-refractivity contribution >= 4 is 34.0 Å². The first-order chi connectivity index (χ1) is 11.3. The SMILES string of the molecule is CS(=O)(=O)Nc1ccc(F)cc1C(=O)NCCCN1CCNCC1.Cl. The van der Waals surface area contributed by atoms with Crippen LogP contribution in [-0.2, 0) is 10.0 Å². The van der Waals surface area contributed by atoms with E-state index in [9.17, 15) is 17.6 Å². The molecule has 1 aliphatic rings. The van der Waals surface area contributed by atoms with Crippen LogP contribution in [0.1, 0.15) is 16.8 Å². The highest BCUT2D eigenvalue weighted by molar-refractivity contribution is 7.92. The zero-order valence-electron chi connectivity index (χ0n) is 14.0. The standard InChI is InChI=1S/C15H23FN4O3S.ClH/c1-24(22,23)19-14-4-3-12(16)11-13(14)15(21)18-5-2-8-20-9-6-17-7-10-20;/h3-4,11,17,19H,2,5-10H2,1H3,(H,18,21);1H. The van der Waals surface area contributed by atoms with Gasteiger partial charge < -0.3 is 15.5 Å². The Morgan fingerprint density at radius 1 is 1.32 bits per heavy atom. The summed E-state index contributed by atoms with van der Waals surface area (Å²) in [5.41, 5.74) is 0.0427. The van der Waals surface area contributed by atoms with Crippen molar-refractivity contribution in [2.75, 3.05) is 50.2 Å². The predicted octanol–water partition coefficient (Wildman–Crippen LogP) is 0.644. The normalized spacial score (nSPS) is 15.3. The van der Waals surface area contributed by atoms with E-state index < -0.39 is 21.7 Å². The van der Waals surface area contributed by atoms with Crippen LogP contribution in [0, 0.1) is 5.82 Å². The molecule has 2 rings (SSSR count). The van der Waals surface area contributed by atoms with Crippen LogP contribution in [0.3, 0.4) is 0 Å². The molecule has 1 aromatic carbocycles. The van der Waals surface area contributed by atoms with Crippen molar-refractivity contribution in [2.45, 2.75) is 6.42 Å². The van der Waals surface area contributed by atoms with Crippen molar-refractivity contribution < 1.29 is 17.6 Å². The first-order valence-electron chi connectivity index (χ1n) is 7.84. The van der Waals surface area contributed by atoms with Crippen LogP contribution in [-0.4, -0.2) is 64.7 Å². The molecule has 0 aliphatic carbocycles. The lowest BCUT2D eigenvalue weighted by atomic mass is 10.1. The Bertz CT molecular complexity index is 681. The lowest BCUT2D eigenvalue weighted by molar-refractivity contribution is 0.0951. The van der Waals surface area contributed by atoms with E-state index in [0.717, 1.165) is 57.5 Å². The molecule has 0 spiro atoms. The number of hydrogen-bond donors (Lipinski definition) is 3. The largest absolute Gasteiger partial charge is 0.352 e. The summed E-state index contributed by atoms with van der Waals surface area (Å²) < 4.78 is 38.3. The van der Waals surface area contributed by atoms with Gasteiger partial charge in [0.2, 0.25) is 10.0 Å². The zero-order chi connectivity index (χ0) is 17.6.